The van der Waals surface area contributed by atoms with E-state index in [2.05, 4.69) is 29.5 Å². The van der Waals surface area contributed by atoms with Crippen molar-refractivity contribution in [3.8, 4) is 5.75 Å². The van der Waals surface area contributed by atoms with E-state index in [1.165, 1.54) is 5.69 Å². The molecule has 32 heavy (non-hydrogen) atoms. The fourth-order valence-electron chi connectivity index (χ4n) is 5.40. The van der Waals surface area contributed by atoms with E-state index in [-0.39, 0.29) is 22.6 Å². The van der Waals surface area contributed by atoms with E-state index in [9.17, 15) is 9.59 Å². The Balaban J connectivity index is 1.37. The quantitative estimate of drug-likeness (QED) is 0.648. The van der Waals surface area contributed by atoms with Gasteiger partial charge >= 0.3 is 0 Å². The van der Waals surface area contributed by atoms with Crippen LogP contribution in [0.25, 0.3) is 0 Å². The summed E-state index contributed by atoms with van der Waals surface area (Å²) in [5.41, 5.74) is 2.35. The normalized spacial score (nSPS) is 21.3. The van der Waals surface area contributed by atoms with Gasteiger partial charge in [0.15, 0.2) is 5.78 Å². The number of methoxy groups -OCH3 is 1. The first-order chi connectivity index (χ1) is 15.3. The largest absolute Gasteiger partial charge is 0.495 e. The molecule has 0 radical (unpaired) electrons. The van der Waals surface area contributed by atoms with Gasteiger partial charge in [-0.2, -0.15) is 0 Å². The number of rotatable bonds is 4. The van der Waals surface area contributed by atoms with Crippen LogP contribution in [-0.4, -0.2) is 59.8 Å². The lowest BCUT2D eigenvalue weighted by Gasteiger charge is -2.50. The lowest BCUT2D eigenvalue weighted by atomic mass is 9.81. The minimum Gasteiger partial charge on any atom is -0.495 e. The summed E-state index contributed by atoms with van der Waals surface area (Å²) in [5.74, 6) is 0.846. The van der Waals surface area contributed by atoms with Gasteiger partial charge in [-0.25, -0.2) is 0 Å². The summed E-state index contributed by atoms with van der Waals surface area (Å²) in [6.07, 6.45) is 3.66. The van der Waals surface area contributed by atoms with Crippen LogP contribution < -0.4 is 4.74 Å². The summed E-state index contributed by atoms with van der Waals surface area (Å²) in [4.78, 5) is 30.5. The molecule has 6 nitrogen and oxygen atoms in total. The number of aromatic nitrogens is 1. The van der Waals surface area contributed by atoms with E-state index in [4.69, 9.17) is 16.3 Å². The number of hydrogen-bond acceptors (Lipinski definition) is 4. The van der Waals surface area contributed by atoms with Crippen molar-refractivity contribution in [1.82, 2.24) is 14.4 Å². The summed E-state index contributed by atoms with van der Waals surface area (Å²) in [6.45, 7) is 5.15. The minimum atomic E-state index is -0.166. The number of ketones is 1. The number of halogens is 1. The topological polar surface area (TPSA) is 54.8 Å². The molecule has 1 amide bonds. The number of carbonyl (C=O) groups excluding carboxylic acids is 2. The highest BCUT2D eigenvalue weighted by Gasteiger charge is 2.49. The molecule has 170 valence electrons. The van der Waals surface area contributed by atoms with Crippen LogP contribution in [0.1, 0.15) is 59.1 Å². The number of benzene rings is 1. The van der Waals surface area contributed by atoms with Crippen molar-refractivity contribution < 1.29 is 14.3 Å². The zero-order valence-electron chi connectivity index (χ0n) is 19.0. The predicted octanol–water partition coefficient (Wildman–Crippen LogP) is 4.21. The number of ether oxygens (including phenoxy) is 1. The van der Waals surface area contributed by atoms with Gasteiger partial charge in [-0.05, 0) is 63.1 Å². The molecule has 7 heteroatoms. The fourth-order valence-corrected chi connectivity index (χ4v) is 5.65. The number of hydrogen-bond donors (Lipinski definition) is 0. The third-order valence-electron chi connectivity index (χ3n) is 7.90. The van der Waals surface area contributed by atoms with Crippen LogP contribution in [0.2, 0.25) is 5.02 Å². The molecule has 1 spiro atoms. The van der Waals surface area contributed by atoms with Crippen LogP contribution >= 0.6 is 11.6 Å². The molecule has 1 aliphatic carbocycles. The summed E-state index contributed by atoms with van der Waals surface area (Å²) in [6, 6.07) is 9.36. The maximum absolute atomic E-state index is 13.1. The van der Waals surface area contributed by atoms with Crippen molar-refractivity contribution in [3.63, 3.8) is 0 Å². The molecular weight excluding hydrogens is 426 g/mol. The predicted molar refractivity (Wildman–Crippen MR) is 124 cm³/mol. The Hall–Kier alpha value is -2.31. The molecule has 1 aromatic heterocycles. The second-order valence-corrected chi connectivity index (χ2v) is 10.1. The van der Waals surface area contributed by atoms with Gasteiger partial charge in [0, 0.05) is 42.9 Å². The van der Waals surface area contributed by atoms with E-state index in [1.807, 2.05) is 11.0 Å². The van der Waals surface area contributed by atoms with Crippen LogP contribution in [0.4, 0.5) is 0 Å². The Morgan fingerprint density at radius 1 is 1.00 bits per heavy atom. The van der Waals surface area contributed by atoms with Crippen LogP contribution in [0.5, 0.6) is 5.75 Å². The molecular formula is C25H30ClN3O3. The molecule has 0 N–H and O–H groups in total. The number of likely N-dealkylation sites (N-methyl/N-ethyl adjacent to an activating group) is 1. The Morgan fingerprint density at radius 2 is 1.72 bits per heavy atom. The Morgan fingerprint density at radius 3 is 2.34 bits per heavy atom. The molecule has 1 saturated heterocycles. The van der Waals surface area contributed by atoms with Gasteiger partial charge in [0.05, 0.1) is 23.4 Å². The first-order valence-corrected chi connectivity index (χ1v) is 11.8. The molecule has 3 aliphatic rings. The molecule has 0 bridgehead atoms. The molecule has 2 aliphatic heterocycles. The maximum Gasteiger partial charge on any atom is 0.253 e. The minimum absolute atomic E-state index is 0.00391. The highest BCUT2D eigenvalue weighted by molar-refractivity contribution is 6.32. The van der Waals surface area contributed by atoms with Crippen molar-refractivity contribution in [2.75, 3.05) is 33.8 Å². The van der Waals surface area contributed by atoms with Gasteiger partial charge in [0.2, 0.25) is 0 Å². The van der Waals surface area contributed by atoms with Crippen molar-refractivity contribution in [3.05, 3.63) is 52.3 Å². The Kier molecular flexibility index (Phi) is 5.13. The standard InChI is InChI=1S/C25H30ClN3O3/c1-24(8-9-24)22(30)19-5-7-21-25(27(2)14-15-29(19)21)10-12-28(13-11-25)23(31)17-4-6-20(32-3)18(26)16-17/h4-7,16H,8-15H2,1-3H3. The number of nitrogens with zero attached hydrogens (tertiary/aromatic N) is 3. The maximum atomic E-state index is 13.1. The fraction of sp³-hybridized carbons (Fsp3) is 0.520. The Bertz CT molecular complexity index is 1080. The van der Waals surface area contributed by atoms with Crippen molar-refractivity contribution in [2.24, 2.45) is 5.41 Å². The smallest absolute Gasteiger partial charge is 0.253 e. The average Bonchev–Trinajstić information content (AvgIpc) is 3.40. The third kappa shape index (κ3) is 3.27. The lowest BCUT2D eigenvalue weighted by Crippen LogP contribution is -2.56. The molecule has 3 heterocycles. The summed E-state index contributed by atoms with van der Waals surface area (Å²) in [5, 5.41) is 0.443. The monoisotopic (exact) mass is 455 g/mol. The first-order valence-electron chi connectivity index (χ1n) is 11.4. The number of carbonyl (C=O) groups is 2. The van der Waals surface area contributed by atoms with Crippen LogP contribution in [0.15, 0.2) is 30.3 Å². The van der Waals surface area contributed by atoms with Gasteiger partial charge in [0.25, 0.3) is 5.91 Å². The summed E-state index contributed by atoms with van der Waals surface area (Å²) >= 11 is 6.24. The van der Waals surface area contributed by atoms with Gasteiger partial charge in [-0.1, -0.05) is 18.5 Å². The van der Waals surface area contributed by atoms with Gasteiger partial charge in [0.1, 0.15) is 5.75 Å². The molecule has 0 unspecified atom stereocenters. The van der Waals surface area contributed by atoms with E-state index in [0.717, 1.165) is 44.5 Å². The van der Waals surface area contributed by atoms with E-state index in [0.29, 0.717) is 29.4 Å². The lowest BCUT2D eigenvalue weighted by molar-refractivity contribution is 0.0127. The number of fused-ring (bicyclic) bond motifs is 2. The first kappa shape index (κ1) is 21.5. The average molecular weight is 456 g/mol. The second-order valence-electron chi connectivity index (χ2n) is 9.74. The number of amides is 1. The van der Waals surface area contributed by atoms with Crippen molar-refractivity contribution in [2.45, 2.75) is 44.7 Å². The summed E-state index contributed by atoms with van der Waals surface area (Å²) in [7, 11) is 3.73. The van der Waals surface area contributed by atoms with Gasteiger partial charge in [-0.3, -0.25) is 14.5 Å². The summed E-state index contributed by atoms with van der Waals surface area (Å²) < 4.78 is 7.46. The van der Waals surface area contributed by atoms with Crippen LogP contribution in [0, 0.1) is 5.41 Å². The second kappa shape index (κ2) is 7.63. The van der Waals surface area contributed by atoms with E-state index < -0.39 is 0 Å². The highest BCUT2D eigenvalue weighted by Crippen LogP contribution is 2.49. The van der Waals surface area contributed by atoms with E-state index in [1.54, 1.807) is 25.3 Å². The van der Waals surface area contributed by atoms with Crippen molar-refractivity contribution >= 4 is 23.3 Å². The highest BCUT2D eigenvalue weighted by atomic mass is 35.5. The zero-order chi connectivity index (χ0) is 22.7. The SMILES string of the molecule is COc1ccc(C(=O)N2CCC3(CC2)c2ccc(C(=O)C4(C)CC4)n2CCN3C)cc1Cl. The molecule has 1 saturated carbocycles. The Labute approximate surface area is 194 Å². The molecule has 0 atom stereocenters. The molecule has 2 aromatic rings. The number of piperidine rings is 1. The molecule has 2 fully saturated rings. The van der Waals surface area contributed by atoms with E-state index >= 15 is 0 Å². The molecule has 5 rings (SSSR count). The van der Waals surface area contributed by atoms with Gasteiger partial charge < -0.3 is 14.2 Å². The molecule has 1 aromatic carbocycles. The third-order valence-corrected chi connectivity index (χ3v) is 8.20. The zero-order valence-corrected chi connectivity index (χ0v) is 19.7. The number of Topliss-reactive ketones (excluding diaryl/α,β-unsaturated/α-hetero) is 1. The van der Waals surface area contributed by atoms with Crippen LogP contribution in [0.3, 0.4) is 0 Å². The van der Waals surface area contributed by atoms with Crippen molar-refractivity contribution in [1.29, 1.82) is 0 Å². The number of likely N-dealkylation sites (tertiary alicyclic amines) is 1. The van der Waals surface area contributed by atoms with Gasteiger partial charge in [-0.15, -0.1) is 0 Å². The van der Waals surface area contributed by atoms with Crippen LogP contribution in [-0.2, 0) is 12.1 Å².